The maximum absolute atomic E-state index is 12.3. The Morgan fingerprint density at radius 1 is 1.50 bits per heavy atom. The second kappa shape index (κ2) is 7.06. The molecule has 2 unspecified atom stereocenters. The smallest absolute Gasteiger partial charge is 0.251 e. The Morgan fingerprint density at radius 3 is 2.75 bits per heavy atom. The number of amides is 2. The summed E-state index contributed by atoms with van der Waals surface area (Å²) in [6.07, 6.45) is 3.78. The van der Waals surface area contributed by atoms with Gasteiger partial charge in [0, 0.05) is 4.88 Å². The number of hydrogen-bond donors (Lipinski definition) is 2. The van der Waals surface area contributed by atoms with Gasteiger partial charge in [0.25, 0.3) is 5.91 Å². The zero-order chi connectivity index (χ0) is 18.1. The topological polar surface area (TPSA) is 106 Å². The number of rotatable bonds is 6. The van der Waals surface area contributed by atoms with Crippen molar-refractivity contribution in [1.29, 1.82) is 0 Å². The molecule has 1 aliphatic rings. The predicted molar refractivity (Wildman–Crippen MR) is 96.1 cm³/mol. The Labute approximate surface area is 146 Å². The third-order valence-corrected chi connectivity index (χ3v) is 7.41. The van der Waals surface area contributed by atoms with Crippen LogP contribution >= 0.6 is 11.3 Å². The molecule has 1 heterocycles. The number of primary amides is 1. The first-order valence-corrected chi connectivity index (χ1v) is 10.3. The van der Waals surface area contributed by atoms with Crippen molar-refractivity contribution in [3.8, 4) is 0 Å². The molecular formula is C16H22N2O4S2. The number of fused-ring (bicyclic) bond motifs is 1. The maximum Gasteiger partial charge on any atom is 0.251 e. The van der Waals surface area contributed by atoms with Crippen molar-refractivity contribution < 1.29 is 18.0 Å². The van der Waals surface area contributed by atoms with Crippen LogP contribution in [-0.2, 0) is 27.5 Å². The standard InChI is InChI=1S/C16H22N2O4S2/c1-4-7-24(21,22)10(3)15(20)18-16-13(14(17)19)11-6-5-9(2)8-12(11)23-16/h4,9-10H,1,5-8H2,2-3H3,(H2,17,19)(H,18,20). The summed E-state index contributed by atoms with van der Waals surface area (Å²) in [5.41, 5.74) is 6.70. The van der Waals surface area contributed by atoms with Crippen LogP contribution in [0.4, 0.5) is 5.00 Å². The number of hydrogen-bond acceptors (Lipinski definition) is 5. The lowest BCUT2D eigenvalue weighted by molar-refractivity contribution is -0.115. The number of sulfone groups is 1. The van der Waals surface area contributed by atoms with E-state index in [-0.39, 0.29) is 5.75 Å². The molecule has 0 bridgehead atoms. The van der Waals surface area contributed by atoms with Crippen molar-refractivity contribution in [3.63, 3.8) is 0 Å². The summed E-state index contributed by atoms with van der Waals surface area (Å²) in [6.45, 7) is 6.85. The molecule has 1 aliphatic carbocycles. The summed E-state index contributed by atoms with van der Waals surface area (Å²) in [6, 6.07) is 0. The molecule has 0 aromatic carbocycles. The Balaban J connectivity index is 2.31. The molecule has 0 saturated carbocycles. The summed E-state index contributed by atoms with van der Waals surface area (Å²) in [4.78, 5) is 25.2. The molecular weight excluding hydrogens is 348 g/mol. The fraction of sp³-hybridized carbons (Fsp3) is 0.500. The van der Waals surface area contributed by atoms with Crippen molar-refractivity contribution in [2.24, 2.45) is 11.7 Å². The quantitative estimate of drug-likeness (QED) is 0.746. The molecule has 1 aromatic heterocycles. The minimum absolute atomic E-state index is 0.275. The number of anilines is 1. The summed E-state index contributed by atoms with van der Waals surface area (Å²) in [7, 11) is -3.62. The first kappa shape index (κ1) is 18.7. The predicted octanol–water partition coefficient (Wildman–Crippen LogP) is 1.90. The molecule has 3 N–H and O–H groups in total. The van der Waals surface area contributed by atoms with E-state index in [0.29, 0.717) is 16.5 Å². The molecule has 2 amide bonds. The highest BCUT2D eigenvalue weighted by molar-refractivity contribution is 7.92. The van der Waals surface area contributed by atoms with Crippen LogP contribution in [0.1, 0.15) is 41.1 Å². The van der Waals surface area contributed by atoms with E-state index in [0.717, 1.165) is 29.7 Å². The van der Waals surface area contributed by atoms with Crippen LogP contribution in [-0.4, -0.2) is 31.2 Å². The van der Waals surface area contributed by atoms with Crippen molar-refractivity contribution in [2.75, 3.05) is 11.1 Å². The van der Waals surface area contributed by atoms with Gasteiger partial charge in [0.15, 0.2) is 9.84 Å². The van der Waals surface area contributed by atoms with Crippen molar-refractivity contribution in [3.05, 3.63) is 28.7 Å². The van der Waals surface area contributed by atoms with Gasteiger partial charge in [-0.05, 0) is 37.7 Å². The van der Waals surface area contributed by atoms with E-state index in [9.17, 15) is 18.0 Å². The van der Waals surface area contributed by atoms with Gasteiger partial charge < -0.3 is 11.1 Å². The SMILES string of the molecule is C=CCS(=O)(=O)C(C)C(=O)Nc1sc2c(c1C(N)=O)CCC(C)C2. The van der Waals surface area contributed by atoms with Gasteiger partial charge >= 0.3 is 0 Å². The minimum atomic E-state index is -3.62. The average Bonchev–Trinajstić information content (AvgIpc) is 2.83. The monoisotopic (exact) mass is 370 g/mol. The molecule has 6 nitrogen and oxygen atoms in total. The van der Waals surface area contributed by atoms with Gasteiger partial charge in [-0.1, -0.05) is 13.0 Å². The fourth-order valence-electron chi connectivity index (χ4n) is 2.78. The van der Waals surface area contributed by atoms with Gasteiger partial charge in [0.1, 0.15) is 10.3 Å². The summed E-state index contributed by atoms with van der Waals surface area (Å²) in [5, 5.41) is 1.72. The molecule has 0 saturated heterocycles. The minimum Gasteiger partial charge on any atom is -0.365 e. The van der Waals surface area contributed by atoms with E-state index >= 15 is 0 Å². The third kappa shape index (κ3) is 3.70. The Kier molecular flexibility index (Phi) is 5.49. The van der Waals surface area contributed by atoms with E-state index in [2.05, 4.69) is 18.8 Å². The van der Waals surface area contributed by atoms with Crippen LogP contribution < -0.4 is 11.1 Å². The first-order chi connectivity index (χ1) is 11.2. The number of nitrogens with one attached hydrogen (secondary N) is 1. The molecule has 0 fully saturated rings. The van der Waals surface area contributed by atoms with Gasteiger partial charge in [-0.3, -0.25) is 9.59 Å². The molecule has 2 atom stereocenters. The Morgan fingerprint density at radius 2 is 2.17 bits per heavy atom. The van der Waals surface area contributed by atoms with Crippen LogP contribution in [0.15, 0.2) is 12.7 Å². The molecule has 1 aromatic rings. The highest BCUT2D eigenvalue weighted by Gasteiger charge is 2.31. The fourth-order valence-corrected chi connectivity index (χ4v) is 5.21. The van der Waals surface area contributed by atoms with Crippen LogP contribution in [0.3, 0.4) is 0 Å². The molecule has 0 spiro atoms. The van der Waals surface area contributed by atoms with E-state index in [1.54, 1.807) is 0 Å². The second-order valence-electron chi connectivity index (χ2n) is 6.17. The summed E-state index contributed by atoms with van der Waals surface area (Å²) < 4.78 is 24.0. The molecule has 2 rings (SSSR count). The maximum atomic E-state index is 12.3. The van der Waals surface area contributed by atoms with Crippen molar-refractivity contribution in [1.82, 2.24) is 0 Å². The van der Waals surface area contributed by atoms with Crippen LogP contribution in [0.25, 0.3) is 0 Å². The Hall–Kier alpha value is -1.67. The van der Waals surface area contributed by atoms with Crippen LogP contribution in [0, 0.1) is 5.92 Å². The van der Waals surface area contributed by atoms with Gasteiger partial charge in [-0.15, -0.1) is 17.9 Å². The molecule has 24 heavy (non-hydrogen) atoms. The van der Waals surface area contributed by atoms with Crippen molar-refractivity contribution >= 4 is 38.0 Å². The molecule has 0 aliphatic heterocycles. The third-order valence-electron chi connectivity index (χ3n) is 4.25. The highest BCUT2D eigenvalue weighted by Crippen LogP contribution is 2.39. The van der Waals surface area contributed by atoms with E-state index < -0.39 is 26.9 Å². The van der Waals surface area contributed by atoms with E-state index in [1.807, 2.05) is 0 Å². The largest absolute Gasteiger partial charge is 0.365 e. The van der Waals surface area contributed by atoms with Gasteiger partial charge in [0.05, 0.1) is 11.3 Å². The Bertz CT molecular complexity index is 780. The van der Waals surface area contributed by atoms with E-state index in [4.69, 9.17) is 5.73 Å². The summed E-state index contributed by atoms with van der Waals surface area (Å²) in [5.74, 6) is -1.03. The molecule has 8 heteroatoms. The molecule has 0 radical (unpaired) electrons. The lowest BCUT2D eigenvalue weighted by Gasteiger charge is -2.18. The second-order valence-corrected chi connectivity index (χ2v) is 9.64. The number of nitrogens with two attached hydrogens (primary N) is 1. The summed E-state index contributed by atoms with van der Waals surface area (Å²) >= 11 is 1.32. The molecule has 132 valence electrons. The lowest BCUT2D eigenvalue weighted by Crippen LogP contribution is -2.34. The van der Waals surface area contributed by atoms with Gasteiger partial charge in [-0.25, -0.2) is 8.42 Å². The van der Waals surface area contributed by atoms with Crippen LogP contribution in [0.5, 0.6) is 0 Å². The first-order valence-electron chi connectivity index (χ1n) is 7.75. The zero-order valence-electron chi connectivity index (χ0n) is 13.8. The number of carbonyl (C=O) groups is 2. The normalized spacial score (nSPS) is 18.5. The number of thiophene rings is 1. The highest BCUT2D eigenvalue weighted by atomic mass is 32.2. The van der Waals surface area contributed by atoms with E-state index in [1.165, 1.54) is 24.3 Å². The number of carbonyl (C=O) groups excluding carboxylic acids is 2. The van der Waals surface area contributed by atoms with Gasteiger partial charge in [0.2, 0.25) is 5.91 Å². The van der Waals surface area contributed by atoms with Crippen molar-refractivity contribution in [2.45, 2.75) is 38.4 Å². The van der Waals surface area contributed by atoms with Crippen LogP contribution in [0.2, 0.25) is 0 Å². The average molecular weight is 370 g/mol. The lowest BCUT2D eigenvalue weighted by atomic mass is 9.88. The van der Waals surface area contributed by atoms with Gasteiger partial charge in [-0.2, -0.15) is 0 Å². The zero-order valence-corrected chi connectivity index (χ0v) is 15.4.